The van der Waals surface area contributed by atoms with Crippen molar-refractivity contribution in [1.29, 1.82) is 0 Å². The highest BCUT2D eigenvalue weighted by molar-refractivity contribution is 4.95. The summed E-state index contributed by atoms with van der Waals surface area (Å²) in [4.78, 5) is 2.66. The molecule has 0 radical (unpaired) electrons. The van der Waals surface area contributed by atoms with Crippen LogP contribution < -0.4 is 0 Å². The summed E-state index contributed by atoms with van der Waals surface area (Å²) in [5.74, 6) is 0.780. The van der Waals surface area contributed by atoms with Crippen LogP contribution in [0.4, 0.5) is 0 Å². The molecule has 1 fully saturated rings. The van der Waals surface area contributed by atoms with E-state index in [9.17, 15) is 0 Å². The van der Waals surface area contributed by atoms with Crippen LogP contribution in [-0.4, -0.2) is 23.0 Å². The molecular weight excluding hydrogens is 146 g/mol. The van der Waals surface area contributed by atoms with E-state index >= 15 is 0 Å². The van der Waals surface area contributed by atoms with Gasteiger partial charge < -0.3 is 0 Å². The van der Waals surface area contributed by atoms with Crippen molar-refractivity contribution in [1.82, 2.24) is 4.90 Å². The van der Waals surface area contributed by atoms with E-state index in [1.165, 1.54) is 19.4 Å². The third-order valence-corrected chi connectivity index (χ3v) is 3.61. The summed E-state index contributed by atoms with van der Waals surface area (Å²) in [6.45, 7) is 13.0. The van der Waals surface area contributed by atoms with Gasteiger partial charge in [-0.3, -0.25) is 4.90 Å². The van der Waals surface area contributed by atoms with Gasteiger partial charge in [-0.05, 0) is 46.1 Å². The van der Waals surface area contributed by atoms with Crippen LogP contribution in [-0.2, 0) is 0 Å². The fourth-order valence-electron chi connectivity index (χ4n) is 2.47. The van der Waals surface area contributed by atoms with E-state index in [-0.39, 0.29) is 0 Å². The second-order valence-corrected chi connectivity index (χ2v) is 4.90. The highest BCUT2D eigenvalue weighted by atomic mass is 15.2. The first-order valence-corrected chi connectivity index (χ1v) is 5.25. The normalized spacial score (nSPS) is 32.2. The summed E-state index contributed by atoms with van der Waals surface area (Å²) in [6, 6.07) is 0.708. The average molecular weight is 169 g/mol. The summed E-state index contributed by atoms with van der Waals surface area (Å²) in [6.07, 6.45) is 2.76. The van der Waals surface area contributed by atoms with Crippen molar-refractivity contribution in [2.24, 2.45) is 5.92 Å². The largest absolute Gasteiger partial charge is 0.295 e. The molecule has 1 aliphatic rings. The smallest absolute Gasteiger partial charge is 0.0207 e. The van der Waals surface area contributed by atoms with Gasteiger partial charge in [-0.15, -0.1) is 0 Å². The van der Waals surface area contributed by atoms with Crippen LogP contribution in [0.15, 0.2) is 0 Å². The SMILES string of the molecule is CC(C)N1CCC[C@@]1(C)C(C)C. The molecule has 1 heteroatoms. The lowest BCUT2D eigenvalue weighted by atomic mass is 9.85. The van der Waals surface area contributed by atoms with Gasteiger partial charge in [0.2, 0.25) is 0 Å². The topological polar surface area (TPSA) is 3.24 Å². The summed E-state index contributed by atoms with van der Waals surface area (Å²) in [5.41, 5.74) is 0.466. The summed E-state index contributed by atoms with van der Waals surface area (Å²) < 4.78 is 0. The molecule has 0 bridgehead atoms. The number of likely N-dealkylation sites (tertiary alicyclic amines) is 1. The fourth-order valence-corrected chi connectivity index (χ4v) is 2.47. The Morgan fingerprint density at radius 3 is 2.08 bits per heavy atom. The molecular formula is C11H23N. The fraction of sp³-hybridized carbons (Fsp3) is 1.00. The lowest BCUT2D eigenvalue weighted by Gasteiger charge is -2.41. The number of nitrogens with zero attached hydrogens (tertiary/aromatic N) is 1. The Morgan fingerprint density at radius 1 is 1.17 bits per heavy atom. The molecule has 0 aromatic carbocycles. The van der Waals surface area contributed by atoms with E-state index in [2.05, 4.69) is 39.5 Å². The zero-order valence-corrected chi connectivity index (χ0v) is 9.22. The minimum Gasteiger partial charge on any atom is -0.295 e. The van der Waals surface area contributed by atoms with Gasteiger partial charge in [-0.2, -0.15) is 0 Å². The van der Waals surface area contributed by atoms with Crippen molar-refractivity contribution in [3.8, 4) is 0 Å². The molecule has 1 aliphatic heterocycles. The maximum atomic E-state index is 2.66. The Kier molecular flexibility index (Phi) is 2.82. The van der Waals surface area contributed by atoms with Gasteiger partial charge in [0.15, 0.2) is 0 Å². The van der Waals surface area contributed by atoms with E-state index in [1.54, 1.807) is 0 Å². The third kappa shape index (κ3) is 1.52. The molecule has 0 aromatic heterocycles. The molecule has 12 heavy (non-hydrogen) atoms. The summed E-state index contributed by atoms with van der Waals surface area (Å²) >= 11 is 0. The van der Waals surface area contributed by atoms with Gasteiger partial charge in [0.1, 0.15) is 0 Å². The molecule has 1 rings (SSSR count). The second-order valence-electron chi connectivity index (χ2n) is 4.90. The van der Waals surface area contributed by atoms with Gasteiger partial charge in [0, 0.05) is 11.6 Å². The Labute approximate surface area is 77.1 Å². The third-order valence-electron chi connectivity index (χ3n) is 3.61. The molecule has 1 heterocycles. The quantitative estimate of drug-likeness (QED) is 0.614. The zero-order valence-electron chi connectivity index (χ0n) is 9.22. The van der Waals surface area contributed by atoms with Crippen molar-refractivity contribution in [3.05, 3.63) is 0 Å². The first-order chi connectivity index (χ1) is 5.48. The monoisotopic (exact) mass is 169 g/mol. The van der Waals surface area contributed by atoms with Crippen LogP contribution in [0, 0.1) is 5.92 Å². The first-order valence-electron chi connectivity index (χ1n) is 5.25. The van der Waals surface area contributed by atoms with Gasteiger partial charge in [-0.1, -0.05) is 13.8 Å². The minimum absolute atomic E-state index is 0.466. The Morgan fingerprint density at radius 2 is 1.75 bits per heavy atom. The van der Waals surface area contributed by atoms with Crippen molar-refractivity contribution in [2.45, 2.75) is 59.0 Å². The maximum absolute atomic E-state index is 2.66. The van der Waals surface area contributed by atoms with Crippen molar-refractivity contribution in [3.63, 3.8) is 0 Å². The zero-order chi connectivity index (χ0) is 9.35. The number of hydrogen-bond acceptors (Lipinski definition) is 1. The van der Waals surface area contributed by atoms with Gasteiger partial charge >= 0.3 is 0 Å². The van der Waals surface area contributed by atoms with Gasteiger partial charge in [0.05, 0.1) is 0 Å². The van der Waals surface area contributed by atoms with Crippen molar-refractivity contribution < 1.29 is 0 Å². The van der Waals surface area contributed by atoms with E-state index in [0.717, 1.165) is 5.92 Å². The molecule has 0 saturated carbocycles. The minimum atomic E-state index is 0.466. The Hall–Kier alpha value is -0.0400. The van der Waals surface area contributed by atoms with E-state index in [0.29, 0.717) is 11.6 Å². The predicted molar refractivity (Wildman–Crippen MR) is 54.3 cm³/mol. The van der Waals surface area contributed by atoms with Crippen molar-refractivity contribution in [2.75, 3.05) is 6.54 Å². The predicted octanol–water partition coefficient (Wildman–Crippen LogP) is 2.91. The van der Waals surface area contributed by atoms with Crippen molar-refractivity contribution >= 4 is 0 Å². The Bertz CT molecular complexity index is 151. The first kappa shape index (κ1) is 10.0. The van der Waals surface area contributed by atoms with Crippen LogP contribution >= 0.6 is 0 Å². The molecule has 1 atom stereocenters. The summed E-state index contributed by atoms with van der Waals surface area (Å²) in [5, 5.41) is 0. The molecule has 0 aliphatic carbocycles. The molecule has 0 amide bonds. The number of rotatable bonds is 2. The molecule has 0 N–H and O–H groups in total. The molecule has 1 nitrogen and oxygen atoms in total. The summed E-state index contributed by atoms with van der Waals surface area (Å²) in [7, 11) is 0. The van der Waals surface area contributed by atoms with Gasteiger partial charge in [-0.25, -0.2) is 0 Å². The molecule has 0 spiro atoms. The second kappa shape index (κ2) is 3.37. The van der Waals surface area contributed by atoms with Crippen LogP contribution in [0.1, 0.15) is 47.5 Å². The van der Waals surface area contributed by atoms with Gasteiger partial charge in [0.25, 0.3) is 0 Å². The van der Waals surface area contributed by atoms with E-state index < -0.39 is 0 Å². The lowest BCUT2D eigenvalue weighted by Crippen LogP contribution is -2.48. The number of hydrogen-bond donors (Lipinski definition) is 0. The van der Waals surface area contributed by atoms with Crippen LogP contribution in [0.3, 0.4) is 0 Å². The standard InChI is InChI=1S/C11H23N/c1-9(2)11(5)7-6-8-12(11)10(3)4/h9-10H,6-8H2,1-5H3/t11-/m0/s1. The highest BCUT2D eigenvalue weighted by Crippen LogP contribution is 2.36. The van der Waals surface area contributed by atoms with E-state index in [1.807, 2.05) is 0 Å². The van der Waals surface area contributed by atoms with Crippen LogP contribution in [0.25, 0.3) is 0 Å². The highest BCUT2D eigenvalue weighted by Gasteiger charge is 2.39. The van der Waals surface area contributed by atoms with Crippen LogP contribution in [0.2, 0.25) is 0 Å². The average Bonchev–Trinajstić information content (AvgIpc) is 2.32. The lowest BCUT2D eigenvalue weighted by molar-refractivity contribution is 0.0754. The molecule has 72 valence electrons. The van der Waals surface area contributed by atoms with E-state index in [4.69, 9.17) is 0 Å². The Balaban J connectivity index is 2.74. The molecule has 0 unspecified atom stereocenters. The maximum Gasteiger partial charge on any atom is 0.0207 e. The molecule has 0 aromatic rings. The van der Waals surface area contributed by atoms with Crippen LogP contribution in [0.5, 0.6) is 0 Å². The molecule has 1 saturated heterocycles.